The molecule has 1 aliphatic rings. The molecule has 5 atom stereocenters. The Morgan fingerprint density at radius 3 is 1.89 bits per heavy atom. The van der Waals surface area contributed by atoms with Crippen LogP contribution in [0.15, 0.2) is 0 Å². The molecule has 0 aliphatic carbocycles. The molecule has 35 heavy (non-hydrogen) atoms. The van der Waals surface area contributed by atoms with Gasteiger partial charge in [0.1, 0.15) is 12.7 Å². The topological polar surface area (TPSA) is 138 Å². The van der Waals surface area contributed by atoms with Crippen molar-refractivity contribution in [3.63, 3.8) is 0 Å². The molecule has 12 heteroatoms. The maximum absolute atomic E-state index is 11.9. The monoisotopic (exact) mass is 518 g/mol. The summed E-state index contributed by atoms with van der Waals surface area (Å²) in [6.45, 7) is 7.23. The predicted octanol–water partition coefficient (Wildman–Crippen LogP) is 1.89. The van der Waals surface area contributed by atoms with Gasteiger partial charge >= 0.3 is 23.9 Å². The van der Waals surface area contributed by atoms with Crippen molar-refractivity contribution in [2.75, 3.05) is 13.2 Å². The molecule has 200 valence electrons. The van der Waals surface area contributed by atoms with Gasteiger partial charge in [0.25, 0.3) is 0 Å². The summed E-state index contributed by atoms with van der Waals surface area (Å²) in [6, 6.07) is 0. The van der Waals surface area contributed by atoms with E-state index in [0.717, 1.165) is 19.3 Å². The summed E-state index contributed by atoms with van der Waals surface area (Å²) in [4.78, 5) is 46.9. The van der Waals surface area contributed by atoms with Crippen LogP contribution in [0.25, 0.3) is 0 Å². The number of thiocarbonyl (C=S) groups is 1. The highest BCUT2D eigenvalue weighted by atomic mass is 32.1. The Kier molecular flexibility index (Phi) is 14.2. The fraction of sp³-hybridized carbons (Fsp3) is 0.783. The van der Waals surface area contributed by atoms with Crippen LogP contribution in [0.5, 0.6) is 0 Å². The van der Waals surface area contributed by atoms with Crippen molar-refractivity contribution in [3.8, 4) is 0 Å². The molecule has 1 fully saturated rings. The number of unbranched alkanes of at least 4 members (excludes halogenated alkanes) is 5. The Balaban J connectivity index is 3.00. The molecular formula is C23H38N2O9S. The van der Waals surface area contributed by atoms with E-state index in [-0.39, 0.29) is 11.7 Å². The number of esters is 4. The Morgan fingerprint density at radius 2 is 1.31 bits per heavy atom. The van der Waals surface area contributed by atoms with Crippen molar-refractivity contribution in [2.45, 2.75) is 104 Å². The van der Waals surface area contributed by atoms with Gasteiger partial charge in [-0.3, -0.25) is 19.2 Å². The molecule has 0 amide bonds. The molecule has 2 N–H and O–H groups in total. The van der Waals surface area contributed by atoms with E-state index < -0.39 is 54.5 Å². The van der Waals surface area contributed by atoms with Gasteiger partial charge in [-0.15, -0.1) is 0 Å². The summed E-state index contributed by atoms with van der Waals surface area (Å²) in [7, 11) is 0. The lowest BCUT2D eigenvalue weighted by Gasteiger charge is -2.44. The highest BCUT2D eigenvalue weighted by Crippen LogP contribution is 2.28. The van der Waals surface area contributed by atoms with Gasteiger partial charge in [0.05, 0.1) is 0 Å². The standard InChI is InChI=1S/C23H38N2O9S/c1-6-7-8-9-10-11-12-24-23(35)25-22-21(33-17(5)29)20(32-16(4)28)19(31-15(3)27)18(34-22)13-30-14(2)26/h18-22H,6-13H2,1-5H3,(H2,24,25,35)/t18-,19-,20+,21-,22-/m1/s1. The first-order valence-corrected chi connectivity index (χ1v) is 12.3. The highest BCUT2D eigenvalue weighted by Gasteiger charge is 2.52. The van der Waals surface area contributed by atoms with Gasteiger partial charge in [-0.25, -0.2) is 0 Å². The van der Waals surface area contributed by atoms with Crippen molar-refractivity contribution in [3.05, 3.63) is 0 Å². The molecule has 0 aromatic heterocycles. The summed E-state index contributed by atoms with van der Waals surface area (Å²) in [5.74, 6) is -2.64. The van der Waals surface area contributed by atoms with Crippen LogP contribution in [0.1, 0.15) is 73.1 Å². The van der Waals surface area contributed by atoms with Gasteiger partial charge in [0, 0.05) is 34.2 Å². The predicted molar refractivity (Wildman–Crippen MR) is 129 cm³/mol. The number of nitrogens with one attached hydrogen (secondary N) is 2. The maximum atomic E-state index is 11.9. The molecule has 1 heterocycles. The molecule has 0 aromatic rings. The average molecular weight is 519 g/mol. The van der Waals surface area contributed by atoms with Crippen molar-refractivity contribution in [1.29, 1.82) is 0 Å². The number of rotatable bonds is 13. The van der Waals surface area contributed by atoms with Crippen LogP contribution in [0.2, 0.25) is 0 Å². The molecule has 0 saturated carbocycles. The van der Waals surface area contributed by atoms with Gasteiger partial charge in [0.15, 0.2) is 29.7 Å². The van der Waals surface area contributed by atoms with E-state index in [9.17, 15) is 19.2 Å². The van der Waals surface area contributed by atoms with Crippen molar-refractivity contribution >= 4 is 41.2 Å². The second-order valence-corrected chi connectivity index (χ2v) is 8.70. The van der Waals surface area contributed by atoms with Crippen molar-refractivity contribution in [2.24, 2.45) is 0 Å². The Bertz CT molecular complexity index is 734. The van der Waals surface area contributed by atoms with Gasteiger partial charge in [0.2, 0.25) is 0 Å². The Morgan fingerprint density at radius 1 is 0.771 bits per heavy atom. The van der Waals surface area contributed by atoms with Gasteiger partial charge in [-0.2, -0.15) is 0 Å². The van der Waals surface area contributed by atoms with Gasteiger partial charge in [-0.1, -0.05) is 39.0 Å². The number of carbonyl (C=O) groups excluding carboxylic acids is 4. The van der Waals surface area contributed by atoms with Crippen LogP contribution in [0.4, 0.5) is 0 Å². The molecular weight excluding hydrogens is 480 g/mol. The van der Waals surface area contributed by atoms with E-state index in [2.05, 4.69) is 17.6 Å². The summed E-state index contributed by atoms with van der Waals surface area (Å²) >= 11 is 5.37. The molecule has 1 aliphatic heterocycles. The number of carbonyl (C=O) groups is 4. The lowest BCUT2D eigenvalue weighted by atomic mass is 9.97. The zero-order valence-electron chi connectivity index (χ0n) is 21.1. The summed E-state index contributed by atoms with van der Waals surface area (Å²) in [5, 5.41) is 6.24. The molecule has 0 radical (unpaired) electrons. The zero-order chi connectivity index (χ0) is 26.4. The third kappa shape index (κ3) is 12.2. The van der Waals surface area contributed by atoms with E-state index >= 15 is 0 Å². The van der Waals surface area contributed by atoms with Crippen LogP contribution in [0, 0.1) is 0 Å². The largest absolute Gasteiger partial charge is 0.463 e. The smallest absolute Gasteiger partial charge is 0.303 e. The molecule has 0 spiro atoms. The van der Waals surface area contributed by atoms with E-state index in [1.54, 1.807) is 0 Å². The first kappa shape index (κ1) is 30.6. The van der Waals surface area contributed by atoms with E-state index in [1.807, 2.05) is 0 Å². The molecule has 1 rings (SSSR count). The SMILES string of the molecule is CCCCCCCCNC(=S)N[C@@H]1O[C@H](COC(C)=O)[C@@H](OC(C)=O)[C@H](OC(C)=O)[C@H]1OC(C)=O. The van der Waals surface area contributed by atoms with Crippen molar-refractivity contribution < 1.29 is 42.9 Å². The summed E-state index contributed by atoms with van der Waals surface area (Å²) in [6.07, 6.45) is 0.966. The zero-order valence-corrected chi connectivity index (χ0v) is 21.9. The minimum absolute atomic E-state index is 0.236. The van der Waals surface area contributed by atoms with Gasteiger partial charge in [-0.05, 0) is 18.6 Å². The highest BCUT2D eigenvalue weighted by molar-refractivity contribution is 7.80. The molecule has 0 aromatic carbocycles. The van der Waals surface area contributed by atoms with E-state index in [1.165, 1.54) is 47.0 Å². The lowest BCUT2D eigenvalue weighted by molar-refractivity contribution is -0.254. The summed E-state index contributed by atoms with van der Waals surface area (Å²) in [5.41, 5.74) is 0. The average Bonchev–Trinajstić information content (AvgIpc) is 2.75. The normalized spacial score (nSPS) is 23.5. The molecule has 1 saturated heterocycles. The number of hydrogen-bond donors (Lipinski definition) is 2. The maximum Gasteiger partial charge on any atom is 0.303 e. The van der Waals surface area contributed by atoms with Crippen LogP contribution in [0.3, 0.4) is 0 Å². The van der Waals surface area contributed by atoms with E-state index in [0.29, 0.717) is 6.54 Å². The van der Waals surface area contributed by atoms with Crippen molar-refractivity contribution in [1.82, 2.24) is 10.6 Å². The molecule has 11 nitrogen and oxygen atoms in total. The second-order valence-electron chi connectivity index (χ2n) is 8.29. The third-order valence-corrected chi connectivity index (χ3v) is 5.34. The van der Waals surface area contributed by atoms with Crippen LogP contribution < -0.4 is 10.6 Å². The fourth-order valence-corrected chi connectivity index (χ4v) is 3.85. The first-order chi connectivity index (χ1) is 16.5. The fourth-order valence-electron chi connectivity index (χ4n) is 3.63. The first-order valence-electron chi connectivity index (χ1n) is 11.9. The Labute approximate surface area is 211 Å². The summed E-state index contributed by atoms with van der Waals surface area (Å²) < 4.78 is 27.1. The second kappa shape index (κ2) is 16.2. The number of hydrogen-bond acceptors (Lipinski definition) is 10. The minimum atomic E-state index is -1.24. The molecule has 0 unspecified atom stereocenters. The lowest BCUT2D eigenvalue weighted by Crippen LogP contribution is -2.66. The van der Waals surface area contributed by atoms with Crippen LogP contribution in [-0.4, -0.2) is 72.8 Å². The molecule has 0 bridgehead atoms. The minimum Gasteiger partial charge on any atom is -0.463 e. The third-order valence-electron chi connectivity index (χ3n) is 5.08. The van der Waals surface area contributed by atoms with E-state index in [4.69, 9.17) is 35.9 Å². The number of ether oxygens (including phenoxy) is 5. The Hall–Kier alpha value is -2.47. The van der Waals surface area contributed by atoms with Crippen LogP contribution in [-0.2, 0) is 42.9 Å². The van der Waals surface area contributed by atoms with Crippen LogP contribution >= 0.6 is 12.2 Å². The van der Waals surface area contributed by atoms with Gasteiger partial charge < -0.3 is 34.3 Å². The quantitative estimate of drug-likeness (QED) is 0.159.